The minimum atomic E-state index is -1.19. The first-order valence-corrected chi connectivity index (χ1v) is 11.0. The van der Waals surface area contributed by atoms with Crippen LogP contribution in [0, 0.1) is 0 Å². The molecule has 0 unspecified atom stereocenters. The lowest BCUT2D eigenvalue weighted by molar-refractivity contribution is -0.130. The van der Waals surface area contributed by atoms with Crippen molar-refractivity contribution in [2.45, 2.75) is 6.42 Å². The number of aliphatic carboxylic acids is 1. The number of carboxylic acid groups (broad SMARTS) is 1. The number of allylic oxidation sites excluding steroid dienone is 1. The highest BCUT2D eigenvalue weighted by molar-refractivity contribution is 7.00. The summed E-state index contributed by atoms with van der Waals surface area (Å²) in [6, 6.07) is 19.3. The Morgan fingerprint density at radius 2 is 1.58 bits per heavy atom. The van der Waals surface area contributed by atoms with Crippen LogP contribution in [0.3, 0.4) is 0 Å². The molecule has 4 aromatic rings. The maximum Gasteiger partial charge on any atom is 0.336 e. The minimum Gasteiger partial charge on any atom is -0.486 e. The van der Waals surface area contributed by atoms with Crippen LogP contribution in [0.4, 0.5) is 0 Å². The maximum absolute atomic E-state index is 13.7. The van der Waals surface area contributed by atoms with Gasteiger partial charge >= 0.3 is 5.97 Å². The highest BCUT2D eigenvalue weighted by Gasteiger charge is 2.25. The molecule has 0 spiro atoms. The number of nitrogens with zero attached hydrogens (tertiary/aromatic N) is 2. The molecule has 0 aliphatic carbocycles. The Balaban J connectivity index is 1.67. The van der Waals surface area contributed by atoms with Crippen LogP contribution in [0.25, 0.3) is 16.6 Å². The Morgan fingerprint density at radius 3 is 2.36 bits per heavy atom. The molecule has 0 amide bonds. The number of aromatic nitrogens is 2. The molecule has 33 heavy (non-hydrogen) atoms. The van der Waals surface area contributed by atoms with Crippen molar-refractivity contribution in [3.8, 4) is 11.5 Å². The van der Waals surface area contributed by atoms with Gasteiger partial charge in [0.25, 0.3) is 0 Å². The number of rotatable bonds is 6. The van der Waals surface area contributed by atoms with Gasteiger partial charge in [-0.1, -0.05) is 36.4 Å². The molecule has 1 aromatic heterocycles. The Kier molecular flexibility index (Phi) is 5.58. The summed E-state index contributed by atoms with van der Waals surface area (Å²) in [5, 5.41) is 10.2. The summed E-state index contributed by atoms with van der Waals surface area (Å²) in [5.74, 6) is -0.538. The lowest BCUT2D eigenvalue weighted by Crippen LogP contribution is -2.17. The summed E-state index contributed by atoms with van der Waals surface area (Å²) in [6.45, 7) is 0.829. The molecule has 1 aliphatic rings. The van der Waals surface area contributed by atoms with Crippen LogP contribution in [0.15, 0.2) is 72.3 Å². The fraction of sp³-hybridized carbons (Fsp3) is 0.120. The second kappa shape index (κ2) is 8.84. The van der Waals surface area contributed by atoms with Crippen molar-refractivity contribution < 1.29 is 24.2 Å². The molecular weight excluding hydrogens is 440 g/mol. The number of carboxylic acids is 1. The maximum atomic E-state index is 13.7. The monoisotopic (exact) mass is 458 g/mol. The molecular formula is C25H18N2O5S. The van der Waals surface area contributed by atoms with Gasteiger partial charge < -0.3 is 14.6 Å². The van der Waals surface area contributed by atoms with E-state index in [2.05, 4.69) is 8.75 Å². The van der Waals surface area contributed by atoms with Gasteiger partial charge in [0.05, 0.1) is 17.3 Å². The first-order chi connectivity index (χ1) is 16.1. The van der Waals surface area contributed by atoms with E-state index in [1.54, 1.807) is 36.4 Å². The van der Waals surface area contributed by atoms with E-state index in [1.165, 1.54) is 0 Å². The second-order valence-electron chi connectivity index (χ2n) is 7.48. The van der Waals surface area contributed by atoms with Gasteiger partial charge in [0.2, 0.25) is 0 Å². The van der Waals surface area contributed by atoms with Gasteiger partial charge in [0.15, 0.2) is 17.3 Å². The largest absolute Gasteiger partial charge is 0.486 e. The van der Waals surface area contributed by atoms with Crippen LogP contribution >= 0.6 is 11.7 Å². The Hall–Kier alpha value is -4.04. The molecule has 0 atom stereocenters. The number of hydrogen-bond donors (Lipinski definition) is 1. The van der Waals surface area contributed by atoms with Crippen molar-refractivity contribution in [2.24, 2.45) is 0 Å². The topological polar surface area (TPSA) is 98.6 Å². The summed E-state index contributed by atoms with van der Waals surface area (Å²) in [5.41, 5.74) is 2.94. The highest BCUT2D eigenvalue weighted by atomic mass is 32.1. The smallest absolute Gasteiger partial charge is 0.336 e. The molecule has 164 valence electrons. The van der Waals surface area contributed by atoms with E-state index in [0.29, 0.717) is 46.9 Å². The lowest BCUT2D eigenvalue weighted by atomic mass is 9.89. The number of carbonyl (C=O) groups is 2. The molecule has 8 heteroatoms. The minimum absolute atomic E-state index is 0.0614. The molecule has 0 bridgehead atoms. The van der Waals surface area contributed by atoms with Gasteiger partial charge in [-0.25, -0.2) is 4.79 Å². The van der Waals surface area contributed by atoms with Crippen LogP contribution in [0.2, 0.25) is 0 Å². The number of ketones is 1. The van der Waals surface area contributed by atoms with Gasteiger partial charge in [-0.05, 0) is 41.5 Å². The molecule has 7 nitrogen and oxygen atoms in total. The highest BCUT2D eigenvalue weighted by Crippen LogP contribution is 2.33. The van der Waals surface area contributed by atoms with E-state index in [0.717, 1.165) is 17.3 Å². The summed E-state index contributed by atoms with van der Waals surface area (Å²) in [7, 11) is 0. The predicted molar refractivity (Wildman–Crippen MR) is 124 cm³/mol. The molecule has 1 aliphatic heterocycles. The number of ether oxygens (including phenoxy) is 2. The van der Waals surface area contributed by atoms with Gasteiger partial charge in [0.1, 0.15) is 24.2 Å². The van der Waals surface area contributed by atoms with Gasteiger partial charge in [-0.3, -0.25) is 4.79 Å². The third kappa shape index (κ3) is 4.20. The zero-order valence-electron chi connectivity index (χ0n) is 17.4. The SMILES string of the molecule is O=C(O)C(=C(Cc1ccccc1)C(=O)c1ccc2c(c1)OCCO2)c1ccc2nsnc2c1. The fourth-order valence-corrected chi connectivity index (χ4v) is 4.32. The molecule has 0 fully saturated rings. The van der Waals surface area contributed by atoms with Crippen molar-refractivity contribution in [1.29, 1.82) is 0 Å². The summed E-state index contributed by atoms with van der Waals surface area (Å²) < 4.78 is 19.6. The molecule has 1 N–H and O–H groups in total. The Labute approximate surface area is 193 Å². The van der Waals surface area contributed by atoms with E-state index in [-0.39, 0.29) is 23.4 Å². The number of carbonyl (C=O) groups excluding carboxylic acids is 1. The van der Waals surface area contributed by atoms with E-state index in [1.807, 2.05) is 30.3 Å². The van der Waals surface area contributed by atoms with Crippen LogP contribution in [-0.2, 0) is 11.2 Å². The van der Waals surface area contributed by atoms with Crippen LogP contribution in [0.1, 0.15) is 21.5 Å². The van der Waals surface area contributed by atoms with Crippen molar-refractivity contribution in [3.05, 3.63) is 89.0 Å². The normalized spacial score (nSPS) is 13.5. The van der Waals surface area contributed by atoms with Crippen molar-refractivity contribution in [2.75, 3.05) is 13.2 Å². The average molecular weight is 458 g/mol. The zero-order chi connectivity index (χ0) is 22.8. The first kappa shape index (κ1) is 20.8. The van der Waals surface area contributed by atoms with Crippen LogP contribution < -0.4 is 9.47 Å². The Morgan fingerprint density at radius 1 is 0.848 bits per heavy atom. The zero-order valence-corrected chi connectivity index (χ0v) is 18.2. The molecule has 0 saturated heterocycles. The molecule has 0 radical (unpaired) electrons. The van der Waals surface area contributed by atoms with Gasteiger partial charge in [0, 0.05) is 17.6 Å². The van der Waals surface area contributed by atoms with E-state index in [9.17, 15) is 14.7 Å². The molecule has 5 rings (SSSR count). The predicted octanol–water partition coefficient (Wildman–Crippen LogP) is 4.43. The summed E-state index contributed by atoms with van der Waals surface area (Å²) >= 11 is 1.05. The number of fused-ring (bicyclic) bond motifs is 2. The quantitative estimate of drug-likeness (QED) is 0.337. The van der Waals surface area contributed by atoms with E-state index < -0.39 is 5.97 Å². The van der Waals surface area contributed by atoms with E-state index >= 15 is 0 Å². The van der Waals surface area contributed by atoms with Gasteiger partial charge in [-0.2, -0.15) is 8.75 Å². The standard InChI is InChI=1S/C25H18N2O5S/c28-24(17-7-9-21-22(14-17)32-11-10-31-21)18(12-15-4-2-1-3-5-15)23(25(29)30)16-6-8-19-20(13-16)27-33-26-19/h1-9,13-14H,10-12H2,(H,29,30). The average Bonchev–Trinajstić information content (AvgIpc) is 3.31. The molecule has 0 saturated carbocycles. The lowest BCUT2D eigenvalue weighted by Gasteiger charge is -2.19. The molecule has 2 heterocycles. The number of Topliss-reactive ketones (excluding diaryl/α,β-unsaturated/α-hetero) is 1. The van der Waals surface area contributed by atoms with E-state index in [4.69, 9.17) is 9.47 Å². The molecule has 3 aromatic carbocycles. The number of hydrogen-bond acceptors (Lipinski definition) is 7. The van der Waals surface area contributed by atoms with Crippen LogP contribution in [0.5, 0.6) is 11.5 Å². The third-order valence-electron chi connectivity index (χ3n) is 5.36. The van der Waals surface area contributed by atoms with Crippen molar-refractivity contribution >= 4 is 40.1 Å². The first-order valence-electron chi connectivity index (χ1n) is 10.3. The second-order valence-corrected chi connectivity index (χ2v) is 8.00. The van der Waals surface area contributed by atoms with Crippen molar-refractivity contribution in [3.63, 3.8) is 0 Å². The van der Waals surface area contributed by atoms with Gasteiger partial charge in [-0.15, -0.1) is 0 Å². The van der Waals surface area contributed by atoms with Crippen molar-refractivity contribution in [1.82, 2.24) is 8.75 Å². The fourth-order valence-electron chi connectivity index (χ4n) is 3.81. The van der Waals surface area contributed by atoms with Crippen LogP contribution in [-0.4, -0.2) is 38.8 Å². The summed E-state index contributed by atoms with van der Waals surface area (Å²) in [6.07, 6.45) is 0.156. The summed E-state index contributed by atoms with van der Waals surface area (Å²) in [4.78, 5) is 26.2. The third-order valence-corrected chi connectivity index (χ3v) is 5.92. The Bertz CT molecular complexity index is 1390. The number of benzene rings is 3.